The van der Waals surface area contributed by atoms with Crippen LogP contribution in [0.1, 0.15) is 19.8 Å². The normalized spacial score (nSPS) is 11.9. The van der Waals surface area contributed by atoms with Gasteiger partial charge >= 0.3 is 0 Å². The van der Waals surface area contributed by atoms with Crippen LogP contribution < -0.4 is 10.1 Å². The van der Waals surface area contributed by atoms with Gasteiger partial charge in [-0.25, -0.2) is 0 Å². The van der Waals surface area contributed by atoms with E-state index < -0.39 is 0 Å². The fraction of sp³-hybridized carbons (Fsp3) is 0.500. The van der Waals surface area contributed by atoms with Crippen molar-refractivity contribution < 1.29 is 14.6 Å². The van der Waals surface area contributed by atoms with Crippen LogP contribution in [0.4, 0.5) is 0 Å². The molecule has 106 valence electrons. The van der Waals surface area contributed by atoms with Crippen LogP contribution in [0.15, 0.2) is 24.3 Å². The van der Waals surface area contributed by atoms with Crippen molar-refractivity contribution in [2.24, 2.45) is 5.92 Å². The van der Waals surface area contributed by atoms with Crippen molar-refractivity contribution in [1.82, 2.24) is 5.32 Å². The molecule has 0 aliphatic heterocycles. The van der Waals surface area contributed by atoms with Crippen LogP contribution in [0.2, 0.25) is 5.02 Å². The molecule has 4 nitrogen and oxygen atoms in total. The molecule has 0 aliphatic carbocycles. The molecule has 1 unspecified atom stereocenters. The number of carbonyl (C=O) groups excluding carboxylic acids is 1. The predicted molar refractivity (Wildman–Crippen MR) is 75.4 cm³/mol. The summed E-state index contributed by atoms with van der Waals surface area (Å²) in [6.07, 6.45) is 0.980. The highest BCUT2D eigenvalue weighted by Crippen LogP contribution is 2.22. The van der Waals surface area contributed by atoms with Gasteiger partial charge in [0.2, 0.25) is 5.91 Å². The maximum atomic E-state index is 11.5. The van der Waals surface area contributed by atoms with E-state index in [2.05, 4.69) is 5.32 Å². The van der Waals surface area contributed by atoms with E-state index in [4.69, 9.17) is 21.4 Å². The molecule has 1 amide bonds. The summed E-state index contributed by atoms with van der Waals surface area (Å²) in [5.74, 6) is 0.806. The lowest BCUT2D eigenvalue weighted by Gasteiger charge is -2.11. The summed E-state index contributed by atoms with van der Waals surface area (Å²) in [5.41, 5.74) is 0. The van der Waals surface area contributed by atoms with Gasteiger partial charge in [-0.05, 0) is 24.5 Å². The predicted octanol–water partition coefficient (Wildman–Crippen LogP) is 2.24. The number of aliphatic hydroxyl groups is 1. The van der Waals surface area contributed by atoms with Crippen molar-refractivity contribution in [1.29, 1.82) is 0 Å². The number of hydrogen-bond acceptors (Lipinski definition) is 3. The average Bonchev–Trinajstić information content (AvgIpc) is 2.39. The summed E-state index contributed by atoms with van der Waals surface area (Å²) in [6, 6.07) is 7.17. The lowest BCUT2D eigenvalue weighted by atomic mass is 10.1. The topological polar surface area (TPSA) is 58.6 Å². The highest BCUT2D eigenvalue weighted by atomic mass is 35.5. The Morgan fingerprint density at radius 1 is 1.47 bits per heavy atom. The Morgan fingerprint density at radius 2 is 2.21 bits per heavy atom. The molecule has 0 bridgehead atoms. The standard InChI is InChI=1S/C14H20ClNO3/c1-11(6-8-17)10-16-14(18)7-9-19-13-5-3-2-4-12(13)15/h2-5,11,17H,6-10H2,1H3,(H,16,18). The van der Waals surface area contributed by atoms with Crippen LogP contribution in [0.5, 0.6) is 5.75 Å². The summed E-state index contributed by atoms with van der Waals surface area (Å²) in [4.78, 5) is 11.5. The van der Waals surface area contributed by atoms with Crippen LogP contribution in [0.25, 0.3) is 0 Å². The Hall–Kier alpha value is -1.26. The second-order valence-corrected chi connectivity index (χ2v) is 4.86. The molecular formula is C14H20ClNO3. The maximum absolute atomic E-state index is 11.5. The number of para-hydroxylation sites is 1. The third-order valence-electron chi connectivity index (χ3n) is 2.69. The smallest absolute Gasteiger partial charge is 0.223 e. The number of carbonyl (C=O) groups is 1. The number of hydrogen-bond donors (Lipinski definition) is 2. The second-order valence-electron chi connectivity index (χ2n) is 4.45. The monoisotopic (exact) mass is 285 g/mol. The largest absolute Gasteiger partial charge is 0.491 e. The zero-order valence-electron chi connectivity index (χ0n) is 11.1. The molecular weight excluding hydrogens is 266 g/mol. The summed E-state index contributed by atoms with van der Waals surface area (Å²) in [5, 5.41) is 12.1. The quantitative estimate of drug-likeness (QED) is 0.770. The Bertz CT molecular complexity index is 398. The maximum Gasteiger partial charge on any atom is 0.223 e. The van der Waals surface area contributed by atoms with E-state index in [0.29, 0.717) is 30.3 Å². The molecule has 1 aromatic rings. The van der Waals surface area contributed by atoms with E-state index >= 15 is 0 Å². The first kappa shape index (κ1) is 15.8. The third kappa shape index (κ3) is 6.45. The number of nitrogens with one attached hydrogen (secondary N) is 1. The molecule has 0 radical (unpaired) electrons. The Kier molecular flexibility index (Phi) is 7.30. The van der Waals surface area contributed by atoms with Crippen LogP contribution >= 0.6 is 11.6 Å². The number of halogens is 1. The van der Waals surface area contributed by atoms with Gasteiger partial charge in [0.15, 0.2) is 0 Å². The molecule has 0 aliphatic rings. The molecule has 1 atom stereocenters. The summed E-state index contributed by atoms with van der Waals surface area (Å²) < 4.78 is 5.43. The lowest BCUT2D eigenvalue weighted by molar-refractivity contribution is -0.121. The average molecular weight is 286 g/mol. The molecule has 19 heavy (non-hydrogen) atoms. The molecule has 0 aromatic heterocycles. The van der Waals surface area contributed by atoms with Crippen molar-refractivity contribution in [2.45, 2.75) is 19.8 Å². The first-order valence-corrected chi connectivity index (χ1v) is 6.76. The van der Waals surface area contributed by atoms with Crippen LogP contribution in [0, 0.1) is 5.92 Å². The van der Waals surface area contributed by atoms with E-state index in [0.717, 1.165) is 0 Å². The van der Waals surface area contributed by atoms with Gasteiger partial charge < -0.3 is 15.2 Å². The zero-order valence-corrected chi connectivity index (χ0v) is 11.8. The van der Waals surface area contributed by atoms with Gasteiger partial charge in [-0.1, -0.05) is 30.7 Å². The molecule has 0 saturated heterocycles. The molecule has 2 N–H and O–H groups in total. The second kappa shape index (κ2) is 8.77. The summed E-state index contributed by atoms with van der Waals surface area (Å²) >= 11 is 5.93. The molecule has 5 heteroatoms. The van der Waals surface area contributed by atoms with Gasteiger partial charge in [0.05, 0.1) is 18.1 Å². The Morgan fingerprint density at radius 3 is 2.89 bits per heavy atom. The van der Waals surface area contributed by atoms with Crippen molar-refractivity contribution in [2.75, 3.05) is 19.8 Å². The van der Waals surface area contributed by atoms with Gasteiger partial charge in [0.25, 0.3) is 0 Å². The number of benzene rings is 1. The van der Waals surface area contributed by atoms with Crippen molar-refractivity contribution in [3.8, 4) is 5.75 Å². The number of rotatable bonds is 8. The minimum Gasteiger partial charge on any atom is -0.491 e. The van der Waals surface area contributed by atoms with Crippen LogP contribution in [0.3, 0.4) is 0 Å². The zero-order chi connectivity index (χ0) is 14.1. The minimum absolute atomic E-state index is 0.0585. The van der Waals surface area contributed by atoms with Crippen LogP contribution in [-0.4, -0.2) is 30.8 Å². The third-order valence-corrected chi connectivity index (χ3v) is 3.01. The summed E-state index contributed by atoms with van der Waals surface area (Å²) in [7, 11) is 0. The van der Waals surface area contributed by atoms with Gasteiger partial charge in [0.1, 0.15) is 5.75 Å². The fourth-order valence-corrected chi connectivity index (χ4v) is 1.70. The number of aliphatic hydroxyl groups excluding tert-OH is 1. The van der Waals surface area contributed by atoms with Crippen LogP contribution in [-0.2, 0) is 4.79 Å². The molecule has 0 fully saturated rings. The van der Waals surface area contributed by atoms with Crippen molar-refractivity contribution in [3.05, 3.63) is 29.3 Å². The van der Waals surface area contributed by atoms with E-state index in [1.54, 1.807) is 12.1 Å². The molecule has 0 spiro atoms. The Labute approximate surface area is 118 Å². The van der Waals surface area contributed by atoms with E-state index in [1.807, 2.05) is 19.1 Å². The highest BCUT2D eigenvalue weighted by molar-refractivity contribution is 6.32. The molecule has 0 heterocycles. The summed E-state index contributed by atoms with van der Waals surface area (Å²) in [6.45, 7) is 3.00. The highest BCUT2D eigenvalue weighted by Gasteiger charge is 2.06. The van der Waals surface area contributed by atoms with Gasteiger partial charge in [0, 0.05) is 13.2 Å². The lowest BCUT2D eigenvalue weighted by Crippen LogP contribution is -2.29. The first-order valence-electron chi connectivity index (χ1n) is 6.38. The van der Waals surface area contributed by atoms with Gasteiger partial charge in [-0.15, -0.1) is 0 Å². The van der Waals surface area contributed by atoms with Gasteiger partial charge in [-0.3, -0.25) is 4.79 Å². The number of ether oxygens (including phenoxy) is 1. The van der Waals surface area contributed by atoms with Crippen molar-refractivity contribution >= 4 is 17.5 Å². The molecule has 0 saturated carbocycles. The van der Waals surface area contributed by atoms with E-state index in [9.17, 15) is 4.79 Å². The van der Waals surface area contributed by atoms with E-state index in [-0.39, 0.29) is 24.9 Å². The first-order chi connectivity index (χ1) is 9.13. The fourth-order valence-electron chi connectivity index (χ4n) is 1.51. The number of amides is 1. The Balaban J connectivity index is 2.19. The van der Waals surface area contributed by atoms with Gasteiger partial charge in [-0.2, -0.15) is 0 Å². The SMILES string of the molecule is CC(CCO)CNC(=O)CCOc1ccccc1Cl. The molecule has 1 aromatic carbocycles. The minimum atomic E-state index is -0.0585. The molecule has 1 rings (SSSR count). The van der Waals surface area contributed by atoms with E-state index in [1.165, 1.54) is 0 Å². The van der Waals surface area contributed by atoms with Crippen molar-refractivity contribution in [3.63, 3.8) is 0 Å².